The highest BCUT2D eigenvalue weighted by atomic mass is 32.1. The van der Waals surface area contributed by atoms with E-state index in [0.29, 0.717) is 5.56 Å². The fourth-order valence-electron chi connectivity index (χ4n) is 1.27. The zero-order valence-electron chi connectivity index (χ0n) is 8.41. The van der Waals surface area contributed by atoms with E-state index in [1.165, 1.54) is 17.4 Å². The van der Waals surface area contributed by atoms with Crippen molar-refractivity contribution in [3.63, 3.8) is 0 Å². The normalized spacial score (nSPS) is 10.3. The van der Waals surface area contributed by atoms with Crippen molar-refractivity contribution < 1.29 is 4.39 Å². The van der Waals surface area contributed by atoms with Gasteiger partial charge in [0.1, 0.15) is 10.8 Å². The molecule has 0 aliphatic heterocycles. The van der Waals surface area contributed by atoms with Gasteiger partial charge < -0.3 is 5.32 Å². The molecule has 1 heterocycles. The molecule has 2 aromatic rings. The Kier molecular flexibility index (Phi) is 2.64. The molecule has 2 rings (SSSR count). The summed E-state index contributed by atoms with van der Waals surface area (Å²) in [5.74, 6) is -0.214. The predicted octanol–water partition coefficient (Wildman–Crippen LogP) is 2.69. The largest absolute Gasteiger partial charge is 0.363 e. The highest BCUT2D eigenvalue weighted by molar-refractivity contribution is 7.18. The lowest BCUT2D eigenvalue weighted by Crippen LogP contribution is -1.87. The van der Waals surface area contributed by atoms with Gasteiger partial charge in [-0.2, -0.15) is 0 Å². The van der Waals surface area contributed by atoms with Crippen molar-refractivity contribution in [2.24, 2.45) is 0 Å². The lowest BCUT2D eigenvalue weighted by molar-refractivity contribution is 0.619. The second kappa shape index (κ2) is 3.94. The minimum Gasteiger partial charge on any atom is -0.363 e. The van der Waals surface area contributed by atoms with Crippen LogP contribution in [-0.2, 0) is 0 Å². The van der Waals surface area contributed by atoms with E-state index in [4.69, 9.17) is 0 Å². The van der Waals surface area contributed by atoms with Crippen molar-refractivity contribution >= 4 is 16.5 Å². The third-order valence-electron chi connectivity index (χ3n) is 2.14. The Morgan fingerprint density at radius 3 is 2.80 bits per heavy atom. The molecule has 0 aliphatic rings. The first kappa shape index (κ1) is 10.0. The summed E-state index contributed by atoms with van der Waals surface area (Å²) in [5, 5.41) is 12.3. The molecule has 1 aromatic carbocycles. The molecule has 0 aliphatic carbocycles. The summed E-state index contributed by atoms with van der Waals surface area (Å²) in [5.41, 5.74) is 1.41. The van der Waals surface area contributed by atoms with Crippen LogP contribution in [0.15, 0.2) is 18.2 Å². The molecule has 0 atom stereocenters. The molecular formula is C10H10FN3S. The molecule has 0 amide bonds. The summed E-state index contributed by atoms with van der Waals surface area (Å²) in [6, 6.07) is 4.97. The fourth-order valence-corrected chi connectivity index (χ4v) is 2.05. The van der Waals surface area contributed by atoms with Crippen LogP contribution in [0.3, 0.4) is 0 Å². The Morgan fingerprint density at radius 2 is 2.13 bits per heavy atom. The monoisotopic (exact) mass is 223 g/mol. The molecule has 1 aromatic heterocycles. The van der Waals surface area contributed by atoms with Gasteiger partial charge in [0, 0.05) is 12.6 Å². The number of nitrogens with one attached hydrogen (secondary N) is 1. The summed E-state index contributed by atoms with van der Waals surface area (Å²) < 4.78 is 13.3. The van der Waals surface area contributed by atoms with Crippen molar-refractivity contribution in [3.8, 4) is 10.6 Å². The van der Waals surface area contributed by atoms with Gasteiger partial charge in [-0.1, -0.05) is 23.5 Å². The van der Waals surface area contributed by atoms with Crippen LogP contribution in [0.25, 0.3) is 10.6 Å². The number of halogens is 1. The van der Waals surface area contributed by atoms with Gasteiger partial charge in [-0.15, -0.1) is 10.2 Å². The number of nitrogens with zero attached hydrogens (tertiary/aromatic N) is 2. The summed E-state index contributed by atoms with van der Waals surface area (Å²) in [7, 11) is 1.78. The van der Waals surface area contributed by atoms with Crippen LogP contribution in [0.2, 0.25) is 0 Å². The molecule has 0 saturated heterocycles. The minimum absolute atomic E-state index is 0.214. The number of hydrogen-bond donors (Lipinski definition) is 1. The van der Waals surface area contributed by atoms with E-state index in [-0.39, 0.29) is 5.82 Å². The van der Waals surface area contributed by atoms with Crippen LogP contribution in [0, 0.1) is 12.7 Å². The lowest BCUT2D eigenvalue weighted by Gasteiger charge is -2.01. The molecule has 5 heteroatoms. The van der Waals surface area contributed by atoms with E-state index < -0.39 is 0 Å². The Hall–Kier alpha value is -1.49. The van der Waals surface area contributed by atoms with E-state index >= 15 is 0 Å². The molecule has 0 bridgehead atoms. The van der Waals surface area contributed by atoms with Gasteiger partial charge in [-0.05, 0) is 18.6 Å². The maximum atomic E-state index is 13.3. The topological polar surface area (TPSA) is 37.8 Å². The molecule has 15 heavy (non-hydrogen) atoms. The molecule has 0 saturated carbocycles. The molecule has 78 valence electrons. The molecule has 1 N–H and O–H groups in total. The molecule has 3 nitrogen and oxygen atoms in total. The average Bonchev–Trinajstić information content (AvgIpc) is 2.70. The fraction of sp³-hybridized carbons (Fsp3) is 0.200. The Bertz CT molecular complexity index is 481. The average molecular weight is 223 g/mol. The van der Waals surface area contributed by atoms with E-state index in [1.807, 2.05) is 6.07 Å². The highest BCUT2D eigenvalue weighted by Gasteiger charge is 2.10. The van der Waals surface area contributed by atoms with Crippen molar-refractivity contribution in [2.75, 3.05) is 12.4 Å². The number of rotatable bonds is 2. The van der Waals surface area contributed by atoms with Gasteiger partial charge in [0.2, 0.25) is 5.13 Å². The minimum atomic E-state index is -0.214. The molecule has 0 unspecified atom stereocenters. The number of hydrogen-bond acceptors (Lipinski definition) is 4. The molecule has 0 radical (unpaired) electrons. The van der Waals surface area contributed by atoms with E-state index in [0.717, 1.165) is 15.7 Å². The predicted molar refractivity (Wildman–Crippen MR) is 59.6 cm³/mol. The Morgan fingerprint density at radius 1 is 1.33 bits per heavy atom. The quantitative estimate of drug-likeness (QED) is 0.850. The summed E-state index contributed by atoms with van der Waals surface area (Å²) in [6.07, 6.45) is 0. The van der Waals surface area contributed by atoms with Crippen LogP contribution in [0.5, 0.6) is 0 Å². The van der Waals surface area contributed by atoms with Crippen molar-refractivity contribution in [1.29, 1.82) is 0 Å². The van der Waals surface area contributed by atoms with Gasteiger partial charge in [0.15, 0.2) is 0 Å². The van der Waals surface area contributed by atoms with Gasteiger partial charge in [0.25, 0.3) is 0 Å². The molecule has 0 spiro atoms. The highest BCUT2D eigenvalue weighted by Crippen LogP contribution is 2.29. The van der Waals surface area contributed by atoms with Crippen LogP contribution in [0.1, 0.15) is 5.56 Å². The van der Waals surface area contributed by atoms with Crippen molar-refractivity contribution in [1.82, 2.24) is 10.2 Å². The maximum Gasteiger partial charge on any atom is 0.205 e. The summed E-state index contributed by atoms with van der Waals surface area (Å²) >= 11 is 1.41. The second-order valence-electron chi connectivity index (χ2n) is 3.07. The van der Waals surface area contributed by atoms with E-state index in [1.54, 1.807) is 20.0 Å². The standard InChI is InChI=1S/C10H10FN3S/c1-6-7(4-3-5-8(6)11)9-13-14-10(12-2)15-9/h3-5H,1-2H3,(H,12,14). The second-order valence-corrected chi connectivity index (χ2v) is 4.05. The van der Waals surface area contributed by atoms with E-state index in [9.17, 15) is 4.39 Å². The third-order valence-corrected chi connectivity index (χ3v) is 3.11. The van der Waals surface area contributed by atoms with Gasteiger partial charge in [-0.25, -0.2) is 4.39 Å². The summed E-state index contributed by atoms with van der Waals surface area (Å²) in [4.78, 5) is 0. The molecular weight excluding hydrogens is 213 g/mol. The summed E-state index contributed by atoms with van der Waals surface area (Å²) in [6.45, 7) is 1.74. The van der Waals surface area contributed by atoms with Gasteiger partial charge >= 0.3 is 0 Å². The Balaban J connectivity index is 2.49. The number of anilines is 1. The van der Waals surface area contributed by atoms with Gasteiger partial charge in [0.05, 0.1) is 0 Å². The number of benzene rings is 1. The first-order valence-corrected chi connectivity index (χ1v) is 5.30. The van der Waals surface area contributed by atoms with Crippen LogP contribution in [-0.4, -0.2) is 17.2 Å². The lowest BCUT2D eigenvalue weighted by atomic mass is 10.1. The van der Waals surface area contributed by atoms with Crippen molar-refractivity contribution in [2.45, 2.75) is 6.92 Å². The van der Waals surface area contributed by atoms with E-state index in [2.05, 4.69) is 15.5 Å². The Labute approximate surface area is 91.0 Å². The van der Waals surface area contributed by atoms with Crippen LogP contribution < -0.4 is 5.32 Å². The zero-order chi connectivity index (χ0) is 10.8. The maximum absolute atomic E-state index is 13.3. The third kappa shape index (κ3) is 1.83. The van der Waals surface area contributed by atoms with Crippen LogP contribution >= 0.6 is 11.3 Å². The zero-order valence-corrected chi connectivity index (χ0v) is 9.23. The van der Waals surface area contributed by atoms with Gasteiger partial charge in [-0.3, -0.25) is 0 Å². The first-order valence-electron chi connectivity index (χ1n) is 4.49. The number of aromatic nitrogens is 2. The SMILES string of the molecule is CNc1nnc(-c2cccc(F)c2C)s1. The van der Waals surface area contributed by atoms with Crippen molar-refractivity contribution in [3.05, 3.63) is 29.6 Å². The smallest absolute Gasteiger partial charge is 0.205 e. The molecule has 0 fully saturated rings. The van der Waals surface area contributed by atoms with Crippen LogP contribution in [0.4, 0.5) is 9.52 Å². The first-order chi connectivity index (χ1) is 7.22.